The molecule has 1 aliphatic heterocycles. The monoisotopic (exact) mass is 261 g/mol. The van der Waals surface area contributed by atoms with Crippen molar-refractivity contribution >= 4 is 39.3 Å². The predicted molar refractivity (Wildman–Crippen MR) is 49.4 cm³/mol. The molecule has 1 aromatic heterocycles. The number of hydrogen-bond acceptors (Lipinski definition) is 4. The predicted octanol–water partition coefficient (Wildman–Crippen LogP) is 1.82. The number of carbonyl (C=O) groups excluding carboxylic acids is 2. The van der Waals surface area contributed by atoms with Crippen molar-refractivity contribution in [3.63, 3.8) is 0 Å². The van der Waals surface area contributed by atoms with Crippen molar-refractivity contribution in [2.45, 2.75) is 6.10 Å². The number of alkyl carbamates (subject to hydrolysis) is 1. The average molecular weight is 262 g/mol. The summed E-state index contributed by atoms with van der Waals surface area (Å²) in [5, 5.41) is 3.89. The Morgan fingerprint density at radius 1 is 1.54 bits per heavy atom. The molecule has 1 aliphatic rings. The Morgan fingerprint density at radius 2 is 2.31 bits per heavy atom. The number of hydrogen-bond donors (Lipinski definition) is 1. The minimum Gasteiger partial charge on any atom is -0.430 e. The van der Waals surface area contributed by atoms with Crippen LogP contribution in [-0.2, 0) is 9.53 Å². The first-order valence-corrected chi connectivity index (χ1v) is 5.09. The lowest BCUT2D eigenvalue weighted by atomic mass is 10.3. The Kier molecular flexibility index (Phi) is 2.09. The van der Waals surface area contributed by atoms with Gasteiger partial charge in [-0.3, -0.25) is 10.1 Å². The first kappa shape index (κ1) is 8.71. The molecule has 0 saturated carbocycles. The molecule has 68 valence electrons. The molecule has 2 heterocycles. The molecule has 1 aromatic rings. The summed E-state index contributed by atoms with van der Waals surface area (Å²) in [6, 6.07) is 1.76. The molecule has 1 atom stereocenters. The van der Waals surface area contributed by atoms with Gasteiger partial charge < -0.3 is 4.74 Å². The van der Waals surface area contributed by atoms with E-state index < -0.39 is 18.1 Å². The van der Waals surface area contributed by atoms with E-state index in [-0.39, 0.29) is 0 Å². The van der Waals surface area contributed by atoms with Crippen LogP contribution in [0.5, 0.6) is 0 Å². The van der Waals surface area contributed by atoms with Gasteiger partial charge in [0.15, 0.2) is 0 Å². The molecule has 1 saturated heterocycles. The van der Waals surface area contributed by atoms with E-state index in [1.807, 2.05) is 5.38 Å². The Bertz CT molecular complexity index is 376. The minimum atomic E-state index is -0.774. The van der Waals surface area contributed by atoms with Crippen molar-refractivity contribution in [1.82, 2.24) is 5.32 Å². The van der Waals surface area contributed by atoms with Crippen molar-refractivity contribution in [2.24, 2.45) is 0 Å². The highest BCUT2D eigenvalue weighted by Gasteiger charge is 2.34. The molecule has 4 nitrogen and oxygen atoms in total. The van der Waals surface area contributed by atoms with Gasteiger partial charge >= 0.3 is 6.09 Å². The molecule has 0 spiro atoms. The van der Waals surface area contributed by atoms with Crippen LogP contribution in [0.4, 0.5) is 4.79 Å². The van der Waals surface area contributed by atoms with E-state index in [2.05, 4.69) is 21.2 Å². The van der Waals surface area contributed by atoms with Gasteiger partial charge in [0.1, 0.15) is 0 Å². The zero-order valence-corrected chi connectivity index (χ0v) is 8.65. The Balaban J connectivity index is 2.27. The van der Waals surface area contributed by atoms with E-state index in [1.165, 1.54) is 11.3 Å². The summed E-state index contributed by atoms with van der Waals surface area (Å²) < 4.78 is 5.64. The summed E-state index contributed by atoms with van der Waals surface area (Å²) in [7, 11) is 0. The fourth-order valence-corrected chi connectivity index (χ4v) is 2.48. The number of cyclic esters (lactones) is 1. The van der Waals surface area contributed by atoms with Gasteiger partial charge in [0.05, 0.1) is 4.88 Å². The van der Waals surface area contributed by atoms with Crippen LogP contribution in [0.15, 0.2) is 15.9 Å². The van der Waals surface area contributed by atoms with Crippen molar-refractivity contribution in [2.75, 3.05) is 0 Å². The lowest BCUT2D eigenvalue weighted by Gasteiger charge is -2.00. The van der Waals surface area contributed by atoms with E-state index in [4.69, 9.17) is 4.74 Å². The highest BCUT2D eigenvalue weighted by Crippen LogP contribution is 2.30. The smallest absolute Gasteiger partial charge is 0.415 e. The van der Waals surface area contributed by atoms with Crippen LogP contribution in [0, 0.1) is 0 Å². The van der Waals surface area contributed by atoms with Crippen molar-refractivity contribution in [3.05, 3.63) is 20.8 Å². The molecule has 1 fully saturated rings. The van der Waals surface area contributed by atoms with E-state index in [0.717, 1.165) is 9.35 Å². The molecule has 2 amide bonds. The number of nitrogens with one attached hydrogen (secondary N) is 1. The van der Waals surface area contributed by atoms with Crippen molar-refractivity contribution in [1.29, 1.82) is 0 Å². The molecular formula is C7H4BrNO3S. The molecule has 1 unspecified atom stereocenters. The van der Waals surface area contributed by atoms with Crippen LogP contribution in [-0.4, -0.2) is 12.0 Å². The summed E-state index contributed by atoms with van der Waals surface area (Å²) >= 11 is 4.62. The third-order valence-electron chi connectivity index (χ3n) is 1.53. The Morgan fingerprint density at radius 3 is 2.77 bits per heavy atom. The normalized spacial score (nSPS) is 21.5. The Labute approximate surface area is 86.0 Å². The number of carbonyl (C=O) groups is 2. The number of thiophene rings is 1. The highest BCUT2D eigenvalue weighted by atomic mass is 79.9. The van der Waals surface area contributed by atoms with Gasteiger partial charge in [-0.25, -0.2) is 4.79 Å². The molecule has 6 heteroatoms. The molecule has 0 aromatic carbocycles. The number of imide groups is 1. The fourth-order valence-electron chi connectivity index (χ4n) is 1.01. The van der Waals surface area contributed by atoms with Crippen molar-refractivity contribution < 1.29 is 14.3 Å². The zero-order valence-electron chi connectivity index (χ0n) is 6.24. The molecule has 0 radical (unpaired) electrons. The topological polar surface area (TPSA) is 55.4 Å². The first-order chi connectivity index (χ1) is 6.16. The number of rotatable bonds is 1. The maximum atomic E-state index is 11.1. The van der Waals surface area contributed by atoms with Gasteiger partial charge in [-0.15, -0.1) is 11.3 Å². The SMILES string of the molecule is O=C1NC(=O)C(c2cc(Br)cs2)O1. The van der Waals surface area contributed by atoms with Gasteiger partial charge in [-0.2, -0.15) is 0 Å². The average Bonchev–Trinajstić information content (AvgIpc) is 2.58. The van der Waals surface area contributed by atoms with Gasteiger partial charge in [-0.1, -0.05) is 0 Å². The third-order valence-corrected chi connectivity index (χ3v) is 3.27. The van der Waals surface area contributed by atoms with E-state index in [9.17, 15) is 9.59 Å². The van der Waals surface area contributed by atoms with Crippen LogP contribution in [0.2, 0.25) is 0 Å². The van der Waals surface area contributed by atoms with Gasteiger partial charge in [0.2, 0.25) is 6.10 Å². The van der Waals surface area contributed by atoms with Crippen LogP contribution in [0.3, 0.4) is 0 Å². The second-order valence-corrected chi connectivity index (χ2v) is 4.30. The van der Waals surface area contributed by atoms with Crippen molar-refractivity contribution in [3.8, 4) is 0 Å². The lowest BCUT2D eigenvalue weighted by molar-refractivity contribution is -0.123. The fraction of sp³-hybridized carbons (Fsp3) is 0.143. The second-order valence-electron chi connectivity index (χ2n) is 2.44. The van der Waals surface area contributed by atoms with Crippen LogP contribution in [0.25, 0.3) is 0 Å². The summed E-state index contributed by atoms with van der Waals surface area (Å²) in [6.07, 6.45) is -1.46. The van der Waals surface area contributed by atoms with E-state index in [1.54, 1.807) is 6.07 Å². The van der Waals surface area contributed by atoms with Gasteiger partial charge in [-0.05, 0) is 22.0 Å². The minimum absolute atomic E-state index is 0.403. The number of halogens is 1. The zero-order chi connectivity index (χ0) is 9.42. The molecule has 1 N–H and O–H groups in total. The second kappa shape index (κ2) is 3.12. The summed E-state index contributed by atoms with van der Waals surface area (Å²) in [5.74, 6) is -0.403. The van der Waals surface area contributed by atoms with Crippen LogP contribution < -0.4 is 5.32 Å². The van der Waals surface area contributed by atoms with E-state index >= 15 is 0 Å². The first-order valence-electron chi connectivity index (χ1n) is 3.42. The maximum Gasteiger partial charge on any atom is 0.415 e. The van der Waals surface area contributed by atoms with Gasteiger partial charge in [0, 0.05) is 9.85 Å². The summed E-state index contributed by atoms with van der Waals surface area (Å²) in [4.78, 5) is 22.5. The molecule has 0 bridgehead atoms. The molecule has 0 aliphatic carbocycles. The quantitative estimate of drug-likeness (QED) is 0.839. The summed E-state index contributed by atoms with van der Waals surface area (Å²) in [6.45, 7) is 0. The Hall–Kier alpha value is -0.880. The number of amides is 2. The molecular weight excluding hydrogens is 258 g/mol. The lowest BCUT2D eigenvalue weighted by Crippen LogP contribution is -2.20. The van der Waals surface area contributed by atoms with E-state index in [0.29, 0.717) is 0 Å². The maximum absolute atomic E-state index is 11.1. The summed E-state index contributed by atoms with van der Waals surface area (Å²) in [5.41, 5.74) is 0. The third kappa shape index (κ3) is 1.59. The number of ether oxygens (including phenoxy) is 1. The van der Waals surface area contributed by atoms with Crippen LogP contribution >= 0.6 is 27.3 Å². The van der Waals surface area contributed by atoms with Gasteiger partial charge in [0.25, 0.3) is 5.91 Å². The molecule has 2 rings (SSSR count). The standard InChI is InChI=1S/C7H4BrNO3S/c8-3-1-4(13-2-3)5-6(10)9-7(11)12-5/h1-2,5H,(H,9,10,11). The van der Waals surface area contributed by atoms with Crippen LogP contribution in [0.1, 0.15) is 11.0 Å². The highest BCUT2D eigenvalue weighted by molar-refractivity contribution is 9.10. The molecule has 13 heavy (non-hydrogen) atoms. The largest absolute Gasteiger partial charge is 0.430 e.